The molecule has 126 valence electrons. The normalized spacial score (nSPS) is 20.1. The van der Waals surface area contributed by atoms with E-state index in [4.69, 9.17) is 15.0 Å². The van der Waals surface area contributed by atoms with E-state index in [1.54, 1.807) is 13.1 Å². The van der Waals surface area contributed by atoms with Crippen LogP contribution >= 0.6 is 0 Å². The van der Waals surface area contributed by atoms with Crippen LogP contribution in [0.4, 0.5) is 14.5 Å². The first kappa shape index (κ1) is 17.9. The fourth-order valence-electron chi connectivity index (χ4n) is 2.30. The first-order chi connectivity index (χ1) is 10.6. The van der Waals surface area contributed by atoms with Gasteiger partial charge in [-0.25, -0.2) is 8.78 Å². The van der Waals surface area contributed by atoms with Crippen LogP contribution in [0.5, 0.6) is 0 Å². The molecule has 0 saturated carbocycles. The van der Waals surface area contributed by atoms with Gasteiger partial charge in [-0.05, 0) is 51.8 Å². The summed E-state index contributed by atoms with van der Waals surface area (Å²) in [5.74, 6) is -1.91. The van der Waals surface area contributed by atoms with Gasteiger partial charge < -0.3 is 20.4 Å². The van der Waals surface area contributed by atoms with E-state index in [9.17, 15) is 8.78 Å². The summed E-state index contributed by atoms with van der Waals surface area (Å²) in [6.45, 7) is 8.28. The molecule has 0 spiro atoms. The Kier molecular flexibility index (Phi) is 4.85. The SMILES string of the molecule is CNCC(=Cc1cc(F)c(F)cc1N)B1OC(C)(C)C(C)(C)O1. The van der Waals surface area contributed by atoms with Gasteiger partial charge in [0.15, 0.2) is 11.6 Å². The maximum atomic E-state index is 13.5. The predicted molar refractivity (Wildman–Crippen MR) is 88.8 cm³/mol. The number of hydrogen-bond acceptors (Lipinski definition) is 4. The highest BCUT2D eigenvalue weighted by atomic mass is 19.2. The third-order valence-corrected chi connectivity index (χ3v) is 4.40. The van der Waals surface area contributed by atoms with E-state index in [1.165, 1.54) is 0 Å². The van der Waals surface area contributed by atoms with Crippen LogP contribution in [0, 0.1) is 11.6 Å². The second-order valence-electron chi connectivity index (χ2n) is 6.73. The van der Waals surface area contributed by atoms with Crippen molar-refractivity contribution in [1.82, 2.24) is 5.32 Å². The first-order valence-corrected chi connectivity index (χ1v) is 7.52. The molecule has 1 aromatic rings. The van der Waals surface area contributed by atoms with E-state index in [0.29, 0.717) is 12.1 Å². The number of benzene rings is 1. The number of halogens is 2. The zero-order valence-electron chi connectivity index (χ0n) is 14.2. The maximum absolute atomic E-state index is 13.5. The number of nitrogens with one attached hydrogen (secondary N) is 1. The van der Waals surface area contributed by atoms with Gasteiger partial charge in [-0.1, -0.05) is 6.08 Å². The molecule has 1 aliphatic heterocycles. The largest absolute Gasteiger partial charge is 0.491 e. The molecule has 1 heterocycles. The number of hydrogen-bond donors (Lipinski definition) is 2. The Morgan fingerprint density at radius 1 is 1.17 bits per heavy atom. The Labute approximate surface area is 136 Å². The van der Waals surface area contributed by atoms with Crippen LogP contribution in [0.3, 0.4) is 0 Å². The van der Waals surface area contributed by atoms with Gasteiger partial charge in [-0.3, -0.25) is 0 Å². The van der Waals surface area contributed by atoms with Gasteiger partial charge in [-0.2, -0.15) is 0 Å². The highest BCUT2D eigenvalue weighted by molar-refractivity contribution is 6.56. The molecule has 0 unspecified atom stereocenters. The third-order valence-electron chi connectivity index (χ3n) is 4.40. The first-order valence-electron chi connectivity index (χ1n) is 7.52. The van der Waals surface area contributed by atoms with Crippen molar-refractivity contribution in [3.05, 3.63) is 34.8 Å². The number of anilines is 1. The molecule has 4 nitrogen and oxygen atoms in total. The fourth-order valence-corrected chi connectivity index (χ4v) is 2.30. The summed E-state index contributed by atoms with van der Waals surface area (Å²) >= 11 is 0. The van der Waals surface area contributed by atoms with Crippen LogP contribution in [0.15, 0.2) is 17.6 Å². The van der Waals surface area contributed by atoms with Crippen molar-refractivity contribution in [2.24, 2.45) is 0 Å². The summed E-state index contributed by atoms with van der Waals surface area (Å²) in [7, 11) is 1.20. The minimum absolute atomic E-state index is 0.161. The van der Waals surface area contributed by atoms with Crippen LogP contribution in [0.25, 0.3) is 6.08 Å². The van der Waals surface area contributed by atoms with E-state index in [2.05, 4.69) is 5.32 Å². The van der Waals surface area contributed by atoms with Crippen molar-refractivity contribution in [3.8, 4) is 0 Å². The Balaban J connectivity index is 2.38. The summed E-state index contributed by atoms with van der Waals surface area (Å²) < 4.78 is 38.7. The molecule has 1 fully saturated rings. The third kappa shape index (κ3) is 3.57. The van der Waals surface area contributed by atoms with Crippen molar-refractivity contribution in [3.63, 3.8) is 0 Å². The van der Waals surface area contributed by atoms with Crippen molar-refractivity contribution >= 4 is 18.9 Å². The molecule has 7 heteroatoms. The van der Waals surface area contributed by atoms with Crippen molar-refractivity contribution in [1.29, 1.82) is 0 Å². The highest BCUT2D eigenvalue weighted by Crippen LogP contribution is 2.39. The molecule has 0 amide bonds. The molecule has 0 aliphatic carbocycles. The summed E-state index contributed by atoms with van der Waals surface area (Å²) in [5.41, 5.74) is 6.13. The monoisotopic (exact) mass is 324 g/mol. The molecule has 1 aromatic carbocycles. The van der Waals surface area contributed by atoms with E-state index < -0.39 is 30.0 Å². The zero-order valence-corrected chi connectivity index (χ0v) is 14.2. The molecular formula is C16H23BF2N2O2. The van der Waals surface area contributed by atoms with Crippen LogP contribution in [-0.4, -0.2) is 31.9 Å². The topological polar surface area (TPSA) is 56.5 Å². The van der Waals surface area contributed by atoms with Gasteiger partial charge in [0.1, 0.15) is 0 Å². The lowest BCUT2D eigenvalue weighted by atomic mass is 9.77. The number of nitrogens with two attached hydrogens (primary N) is 1. The van der Waals surface area contributed by atoms with Crippen molar-refractivity contribution in [2.45, 2.75) is 38.9 Å². The minimum atomic E-state index is -0.967. The number of likely N-dealkylation sites (N-methyl/N-ethyl adjacent to an activating group) is 1. The average Bonchev–Trinajstić information content (AvgIpc) is 2.64. The van der Waals surface area contributed by atoms with Crippen LogP contribution in [0.1, 0.15) is 33.3 Å². The fraction of sp³-hybridized carbons (Fsp3) is 0.500. The molecule has 3 N–H and O–H groups in total. The molecular weight excluding hydrogens is 301 g/mol. The van der Waals surface area contributed by atoms with Gasteiger partial charge in [0, 0.05) is 18.3 Å². The van der Waals surface area contributed by atoms with Crippen LogP contribution in [0.2, 0.25) is 0 Å². The molecule has 23 heavy (non-hydrogen) atoms. The lowest BCUT2D eigenvalue weighted by molar-refractivity contribution is 0.00578. The molecule has 1 saturated heterocycles. The smallest absolute Gasteiger partial charge is 0.400 e. The Morgan fingerprint density at radius 2 is 1.70 bits per heavy atom. The highest BCUT2D eigenvalue weighted by Gasteiger charge is 2.52. The second-order valence-corrected chi connectivity index (χ2v) is 6.73. The number of nitrogen functional groups attached to an aromatic ring is 1. The van der Waals surface area contributed by atoms with Gasteiger partial charge in [0.2, 0.25) is 0 Å². The summed E-state index contributed by atoms with van der Waals surface area (Å²) in [4.78, 5) is 0. The molecule has 1 aliphatic rings. The minimum Gasteiger partial charge on any atom is -0.400 e. The van der Waals surface area contributed by atoms with Crippen molar-refractivity contribution in [2.75, 3.05) is 19.3 Å². The van der Waals surface area contributed by atoms with E-state index in [-0.39, 0.29) is 5.69 Å². The summed E-state index contributed by atoms with van der Waals surface area (Å²) in [5, 5.41) is 3.03. The Bertz CT molecular complexity index is 617. The zero-order chi connectivity index (χ0) is 17.4. The van der Waals surface area contributed by atoms with Crippen LogP contribution < -0.4 is 11.1 Å². The lowest BCUT2D eigenvalue weighted by Crippen LogP contribution is -2.41. The van der Waals surface area contributed by atoms with Gasteiger partial charge in [0.05, 0.1) is 11.2 Å². The molecule has 2 rings (SSSR count). The molecule has 0 aromatic heterocycles. The summed E-state index contributed by atoms with van der Waals surface area (Å²) in [6, 6.07) is 2.05. The second kappa shape index (κ2) is 6.22. The maximum Gasteiger partial charge on any atom is 0.491 e. The van der Waals surface area contributed by atoms with Gasteiger partial charge in [-0.15, -0.1) is 0 Å². The van der Waals surface area contributed by atoms with Gasteiger partial charge in [0.25, 0.3) is 0 Å². The molecule has 0 radical (unpaired) electrons. The lowest BCUT2D eigenvalue weighted by Gasteiger charge is -2.32. The predicted octanol–water partition coefficient (Wildman–Crippen LogP) is 2.78. The van der Waals surface area contributed by atoms with Crippen LogP contribution in [-0.2, 0) is 9.31 Å². The van der Waals surface area contributed by atoms with Gasteiger partial charge >= 0.3 is 7.12 Å². The average molecular weight is 324 g/mol. The van der Waals surface area contributed by atoms with Crippen molar-refractivity contribution < 1.29 is 18.1 Å². The number of rotatable bonds is 4. The van der Waals surface area contributed by atoms with E-state index in [1.807, 2.05) is 27.7 Å². The van der Waals surface area contributed by atoms with E-state index in [0.717, 1.165) is 17.6 Å². The molecule has 0 bridgehead atoms. The standard InChI is InChI=1S/C16H23BF2N2O2/c1-15(2)16(3,4)23-17(22-15)11(9-21-5)6-10-7-12(18)13(19)8-14(10)20/h6-8,21H,9,20H2,1-5H3. The summed E-state index contributed by atoms with van der Waals surface area (Å²) in [6.07, 6.45) is 1.68. The Hall–Kier alpha value is -1.44. The Morgan fingerprint density at radius 3 is 2.22 bits per heavy atom. The van der Waals surface area contributed by atoms with E-state index >= 15 is 0 Å². The molecule has 0 atom stereocenters. The quantitative estimate of drug-likeness (QED) is 0.660.